The van der Waals surface area contributed by atoms with Crippen molar-refractivity contribution >= 4 is 38.1 Å². The third-order valence-electron chi connectivity index (χ3n) is 4.98. The molecule has 1 aliphatic rings. The van der Waals surface area contributed by atoms with Crippen LogP contribution in [0.5, 0.6) is 0 Å². The second kappa shape index (κ2) is 6.39. The molecule has 0 unspecified atom stereocenters. The lowest BCUT2D eigenvalue weighted by molar-refractivity contribution is -0.120. The van der Waals surface area contributed by atoms with E-state index in [-0.39, 0.29) is 16.2 Å². The minimum Gasteiger partial charge on any atom is -0.326 e. The fraction of sp³-hybridized carbons (Fsp3) is 0.190. The third kappa shape index (κ3) is 3.53. The van der Waals surface area contributed by atoms with Crippen LogP contribution < -0.4 is 10.0 Å². The predicted molar refractivity (Wildman–Crippen MR) is 107 cm³/mol. The predicted octanol–water partition coefficient (Wildman–Crippen LogP) is 4.38. The molecule has 4 rings (SSSR count). The highest BCUT2D eigenvalue weighted by Gasteiger charge is 2.44. The van der Waals surface area contributed by atoms with Crippen LogP contribution in [0.25, 0.3) is 10.8 Å². The van der Waals surface area contributed by atoms with Crippen LogP contribution in [0.15, 0.2) is 71.6 Å². The Morgan fingerprint density at radius 1 is 0.889 bits per heavy atom. The summed E-state index contributed by atoms with van der Waals surface area (Å²) in [5, 5.41) is 4.42. The van der Waals surface area contributed by atoms with Crippen molar-refractivity contribution in [2.45, 2.75) is 24.7 Å². The van der Waals surface area contributed by atoms with Gasteiger partial charge in [-0.2, -0.15) is 0 Å². The first-order chi connectivity index (χ1) is 12.9. The molecule has 27 heavy (non-hydrogen) atoms. The van der Waals surface area contributed by atoms with Gasteiger partial charge in [-0.1, -0.05) is 43.3 Å². The maximum atomic E-state index is 12.8. The number of rotatable bonds is 5. The van der Waals surface area contributed by atoms with Crippen molar-refractivity contribution in [3.05, 3.63) is 66.7 Å². The van der Waals surface area contributed by atoms with E-state index in [1.54, 1.807) is 42.5 Å². The normalized spacial score (nSPS) is 15.3. The van der Waals surface area contributed by atoms with Crippen LogP contribution in [0.1, 0.15) is 19.8 Å². The number of hydrogen-bond donors (Lipinski definition) is 2. The van der Waals surface area contributed by atoms with E-state index in [1.165, 1.54) is 0 Å². The zero-order chi connectivity index (χ0) is 19.1. The van der Waals surface area contributed by atoms with E-state index in [1.807, 2.05) is 31.2 Å². The van der Waals surface area contributed by atoms with Crippen molar-refractivity contribution in [3.8, 4) is 0 Å². The summed E-state index contributed by atoms with van der Waals surface area (Å²) in [6, 6.07) is 19.3. The number of hydrogen-bond acceptors (Lipinski definition) is 3. The minimum absolute atomic E-state index is 0.00610. The molecule has 138 valence electrons. The van der Waals surface area contributed by atoms with E-state index < -0.39 is 10.0 Å². The molecule has 1 amide bonds. The fourth-order valence-corrected chi connectivity index (χ4v) is 4.25. The van der Waals surface area contributed by atoms with Crippen molar-refractivity contribution < 1.29 is 13.2 Å². The first-order valence-electron chi connectivity index (χ1n) is 8.80. The van der Waals surface area contributed by atoms with Crippen molar-refractivity contribution in [1.82, 2.24) is 0 Å². The number of carbonyl (C=O) groups is 1. The Bertz CT molecular complexity index is 1110. The Balaban J connectivity index is 1.55. The average molecular weight is 380 g/mol. The number of sulfonamides is 1. The topological polar surface area (TPSA) is 75.3 Å². The van der Waals surface area contributed by atoms with Crippen LogP contribution in [0, 0.1) is 5.41 Å². The van der Waals surface area contributed by atoms with Gasteiger partial charge in [-0.05, 0) is 48.6 Å². The van der Waals surface area contributed by atoms with Gasteiger partial charge in [0.2, 0.25) is 5.91 Å². The smallest absolute Gasteiger partial charge is 0.262 e. The number of benzene rings is 3. The lowest BCUT2D eigenvalue weighted by Gasteiger charge is -2.12. The summed E-state index contributed by atoms with van der Waals surface area (Å²) < 4.78 is 28.3. The Morgan fingerprint density at radius 3 is 2.22 bits per heavy atom. The van der Waals surface area contributed by atoms with Gasteiger partial charge in [-0.15, -0.1) is 0 Å². The van der Waals surface area contributed by atoms with E-state index in [4.69, 9.17) is 0 Å². The van der Waals surface area contributed by atoms with Crippen LogP contribution >= 0.6 is 0 Å². The zero-order valence-electron chi connectivity index (χ0n) is 14.9. The lowest BCUT2D eigenvalue weighted by atomic mass is 10.1. The molecule has 0 bridgehead atoms. The van der Waals surface area contributed by atoms with Gasteiger partial charge in [-0.3, -0.25) is 9.52 Å². The zero-order valence-corrected chi connectivity index (χ0v) is 15.7. The third-order valence-corrected chi connectivity index (χ3v) is 6.42. The van der Waals surface area contributed by atoms with Crippen LogP contribution in [0.4, 0.5) is 11.4 Å². The van der Waals surface area contributed by atoms with Gasteiger partial charge in [-0.25, -0.2) is 8.42 Å². The van der Waals surface area contributed by atoms with Crippen LogP contribution in [0.3, 0.4) is 0 Å². The molecule has 2 N–H and O–H groups in total. The monoisotopic (exact) mass is 380 g/mol. The number of nitrogens with one attached hydrogen (secondary N) is 2. The van der Waals surface area contributed by atoms with E-state index in [2.05, 4.69) is 10.0 Å². The van der Waals surface area contributed by atoms with Crippen molar-refractivity contribution in [2.24, 2.45) is 5.41 Å². The molecular weight excluding hydrogens is 360 g/mol. The first kappa shape index (κ1) is 17.5. The number of carbonyl (C=O) groups excluding carboxylic acids is 1. The quantitative estimate of drug-likeness (QED) is 0.690. The van der Waals surface area contributed by atoms with Gasteiger partial charge in [0, 0.05) is 22.2 Å². The summed E-state index contributed by atoms with van der Waals surface area (Å²) in [4.78, 5) is 12.3. The highest BCUT2D eigenvalue weighted by Crippen LogP contribution is 2.45. The summed E-state index contributed by atoms with van der Waals surface area (Å²) in [7, 11) is -3.73. The molecule has 0 saturated heterocycles. The molecular formula is C21H20N2O3S. The molecule has 1 fully saturated rings. The molecule has 0 spiro atoms. The summed E-state index contributed by atoms with van der Waals surface area (Å²) >= 11 is 0. The van der Waals surface area contributed by atoms with Gasteiger partial charge in [0.1, 0.15) is 0 Å². The number of amides is 1. The van der Waals surface area contributed by atoms with E-state index >= 15 is 0 Å². The molecule has 0 atom stereocenters. The molecule has 1 saturated carbocycles. The van der Waals surface area contributed by atoms with E-state index in [9.17, 15) is 13.2 Å². The number of anilines is 2. The molecule has 0 aliphatic heterocycles. The summed E-state index contributed by atoms with van der Waals surface area (Å²) in [6.45, 7) is 1.94. The van der Waals surface area contributed by atoms with Gasteiger partial charge in [0.25, 0.3) is 10.0 Å². The molecule has 0 radical (unpaired) electrons. The molecule has 1 aliphatic carbocycles. The highest BCUT2D eigenvalue weighted by atomic mass is 32.2. The van der Waals surface area contributed by atoms with Crippen molar-refractivity contribution in [2.75, 3.05) is 10.0 Å². The second-order valence-corrected chi connectivity index (χ2v) is 8.83. The molecule has 5 nitrogen and oxygen atoms in total. The van der Waals surface area contributed by atoms with Crippen LogP contribution in [-0.2, 0) is 14.8 Å². The highest BCUT2D eigenvalue weighted by molar-refractivity contribution is 7.93. The van der Waals surface area contributed by atoms with Crippen LogP contribution in [0.2, 0.25) is 0 Å². The van der Waals surface area contributed by atoms with Gasteiger partial charge in [0.15, 0.2) is 0 Å². The van der Waals surface area contributed by atoms with E-state index in [0.29, 0.717) is 16.8 Å². The summed E-state index contributed by atoms with van der Waals surface area (Å²) in [5.41, 5.74) is 0.842. The Labute approximate surface area is 158 Å². The SMILES string of the molecule is CC1(C(=O)Nc2ccc(NS(=O)(=O)c3cccc4ccccc34)cc2)CC1. The maximum absolute atomic E-state index is 12.8. The Kier molecular flexibility index (Phi) is 4.15. The molecule has 0 aromatic heterocycles. The standard InChI is InChI=1S/C21H20N2O3S/c1-21(13-14-21)20(24)22-16-9-11-17(12-10-16)23-27(25,26)19-8-4-6-15-5-2-3-7-18(15)19/h2-12,23H,13-14H2,1H3,(H,22,24). The lowest BCUT2D eigenvalue weighted by Crippen LogP contribution is -2.21. The van der Waals surface area contributed by atoms with Gasteiger partial charge >= 0.3 is 0 Å². The van der Waals surface area contributed by atoms with Gasteiger partial charge in [0.05, 0.1) is 4.90 Å². The summed E-state index contributed by atoms with van der Waals surface area (Å²) in [5.74, 6) is 0.00610. The van der Waals surface area contributed by atoms with Crippen molar-refractivity contribution in [1.29, 1.82) is 0 Å². The molecule has 6 heteroatoms. The average Bonchev–Trinajstić information content (AvgIpc) is 3.41. The van der Waals surface area contributed by atoms with E-state index in [0.717, 1.165) is 18.2 Å². The Morgan fingerprint density at radius 2 is 1.52 bits per heavy atom. The largest absolute Gasteiger partial charge is 0.326 e. The molecule has 3 aromatic carbocycles. The molecule has 0 heterocycles. The Hall–Kier alpha value is -2.86. The summed E-state index contributed by atoms with van der Waals surface area (Å²) in [6.07, 6.45) is 1.81. The maximum Gasteiger partial charge on any atom is 0.262 e. The first-order valence-corrected chi connectivity index (χ1v) is 10.3. The number of fused-ring (bicyclic) bond motifs is 1. The fourth-order valence-electron chi connectivity index (χ4n) is 2.96. The second-order valence-electron chi connectivity index (χ2n) is 7.17. The van der Waals surface area contributed by atoms with Gasteiger partial charge < -0.3 is 5.32 Å². The van der Waals surface area contributed by atoms with Crippen LogP contribution in [-0.4, -0.2) is 14.3 Å². The minimum atomic E-state index is -3.73. The van der Waals surface area contributed by atoms with Crippen molar-refractivity contribution in [3.63, 3.8) is 0 Å². The molecule has 3 aromatic rings.